The van der Waals surface area contributed by atoms with Crippen LogP contribution < -0.4 is 0 Å². The third-order valence-electron chi connectivity index (χ3n) is 5.63. The van der Waals surface area contributed by atoms with Gasteiger partial charge in [-0.15, -0.1) is 0 Å². The highest BCUT2D eigenvalue weighted by Gasteiger charge is 2.57. The molecule has 0 spiro atoms. The van der Waals surface area contributed by atoms with Crippen LogP contribution in [0.1, 0.15) is 47.0 Å². The lowest BCUT2D eigenvalue weighted by Gasteiger charge is -2.46. The van der Waals surface area contributed by atoms with Crippen LogP contribution in [-0.4, -0.2) is 23.1 Å². The largest absolute Gasteiger partial charge is 0.481 e. The SMILES string of the molecule is C.C[C@@H]1CC[C@H]2C(C(=O)O)[C@@H]3[C@@H](C)OC(=O)[C@@H]3C[C@@H]2C1. The zero-order valence-corrected chi connectivity index (χ0v) is 11.5. The number of hydrogen-bond donors (Lipinski definition) is 1. The van der Waals surface area contributed by atoms with Gasteiger partial charge in [0.15, 0.2) is 0 Å². The standard InChI is InChI=1S/C15H22O4.CH4/c1-7-3-4-10-9(5-7)6-11-12(13(10)14(16)17)8(2)19-15(11)18;/h7-13H,3-6H2,1-2H3,(H,16,17);1H4/t7-,8-,9+,10-,11-,12-,13?;/m1./s1. The van der Waals surface area contributed by atoms with Gasteiger partial charge in [-0.3, -0.25) is 9.59 Å². The minimum atomic E-state index is -0.732. The Kier molecular flexibility index (Phi) is 4.12. The summed E-state index contributed by atoms with van der Waals surface area (Å²) in [5.74, 6) is -0.289. The molecule has 7 atom stereocenters. The van der Waals surface area contributed by atoms with Gasteiger partial charge in [0, 0.05) is 5.92 Å². The molecule has 1 saturated heterocycles. The Bertz CT molecular complexity index is 405. The average molecular weight is 282 g/mol. The number of fused-ring (bicyclic) bond motifs is 2. The van der Waals surface area contributed by atoms with Gasteiger partial charge in [-0.2, -0.15) is 0 Å². The van der Waals surface area contributed by atoms with Gasteiger partial charge in [-0.05, 0) is 43.9 Å². The fourth-order valence-corrected chi connectivity index (χ4v) is 4.85. The van der Waals surface area contributed by atoms with Crippen LogP contribution in [0.2, 0.25) is 0 Å². The van der Waals surface area contributed by atoms with Gasteiger partial charge in [0.05, 0.1) is 11.8 Å². The van der Waals surface area contributed by atoms with E-state index in [2.05, 4.69) is 6.92 Å². The molecule has 0 aromatic carbocycles. The molecule has 2 saturated carbocycles. The molecular formula is C16H26O4. The van der Waals surface area contributed by atoms with Gasteiger partial charge < -0.3 is 9.84 Å². The Morgan fingerprint density at radius 3 is 2.60 bits per heavy atom. The first-order valence-corrected chi connectivity index (χ1v) is 7.42. The van der Waals surface area contributed by atoms with Crippen LogP contribution >= 0.6 is 0 Å². The lowest BCUT2D eigenvalue weighted by atomic mass is 9.56. The van der Waals surface area contributed by atoms with Crippen molar-refractivity contribution >= 4 is 11.9 Å². The van der Waals surface area contributed by atoms with E-state index in [0.29, 0.717) is 11.8 Å². The molecule has 1 unspecified atom stereocenters. The van der Waals surface area contributed by atoms with E-state index >= 15 is 0 Å². The second-order valence-corrected chi connectivity index (χ2v) is 6.77. The quantitative estimate of drug-likeness (QED) is 0.751. The van der Waals surface area contributed by atoms with E-state index in [1.54, 1.807) is 0 Å². The number of esters is 1. The summed E-state index contributed by atoms with van der Waals surface area (Å²) in [6.07, 6.45) is 3.78. The molecule has 1 N–H and O–H groups in total. The second-order valence-electron chi connectivity index (χ2n) is 6.77. The van der Waals surface area contributed by atoms with Crippen molar-refractivity contribution in [2.45, 2.75) is 53.1 Å². The Balaban J connectivity index is 0.00000147. The highest BCUT2D eigenvalue weighted by atomic mass is 16.6. The maximum Gasteiger partial charge on any atom is 0.309 e. The lowest BCUT2D eigenvalue weighted by molar-refractivity contribution is -0.153. The van der Waals surface area contributed by atoms with E-state index in [1.807, 2.05) is 6.92 Å². The van der Waals surface area contributed by atoms with Gasteiger partial charge in [-0.25, -0.2) is 0 Å². The molecule has 3 rings (SSSR count). The summed E-state index contributed by atoms with van der Waals surface area (Å²) in [6, 6.07) is 0. The van der Waals surface area contributed by atoms with E-state index < -0.39 is 11.9 Å². The first-order chi connectivity index (χ1) is 8.99. The summed E-state index contributed by atoms with van der Waals surface area (Å²) < 4.78 is 5.32. The van der Waals surface area contributed by atoms with Gasteiger partial charge >= 0.3 is 11.9 Å². The molecule has 4 nitrogen and oxygen atoms in total. The number of rotatable bonds is 1. The Labute approximate surface area is 120 Å². The average Bonchev–Trinajstić information content (AvgIpc) is 2.61. The first kappa shape index (κ1) is 15.3. The Morgan fingerprint density at radius 2 is 1.95 bits per heavy atom. The minimum absolute atomic E-state index is 0. The van der Waals surface area contributed by atoms with E-state index in [-0.39, 0.29) is 37.3 Å². The van der Waals surface area contributed by atoms with Gasteiger partial charge in [-0.1, -0.05) is 20.8 Å². The van der Waals surface area contributed by atoms with E-state index in [0.717, 1.165) is 25.7 Å². The highest BCUT2D eigenvalue weighted by Crippen LogP contribution is 2.53. The van der Waals surface area contributed by atoms with Crippen molar-refractivity contribution < 1.29 is 19.4 Å². The van der Waals surface area contributed by atoms with Crippen LogP contribution in [0.4, 0.5) is 0 Å². The van der Waals surface area contributed by atoms with Crippen molar-refractivity contribution in [1.29, 1.82) is 0 Å². The fourth-order valence-electron chi connectivity index (χ4n) is 4.85. The monoisotopic (exact) mass is 282 g/mol. The number of carboxylic acid groups (broad SMARTS) is 1. The molecule has 3 fully saturated rings. The normalized spacial score (nSPS) is 46.7. The molecule has 0 bridgehead atoms. The van der Waals surface area contributed by atoms with Gasteiger partial charge in [0.25, 0.3) is 0 Å². The molecule has 2 aliphatic carbocycles. The van der Waals surface area contributed by atoms with Crippen molar-refractivity contribution in [3.05, 3.63) is 0 Å². The molecular weight excluding hydrogens is 256 g/mol. The van der Waals surface area contributed by atoms with Crippen molar-refractivity contribution in [2.24, 2.45) is 35.5 Å². The number of carboxylic acids is 1. The van der Waals surface area contributed by atoms with Crippen LogP contribution in [0.3, 0.4) is 0 Å². The smallest absolute Gasteiger partial charge is 0.309 e. The molecule has 4 heteroatoms. The third kappa shape index (κ3) is 2.23. The van der Waals surface area contributed by atoms with Crippen LogP contribution in [0.5, 0.6) is 0 Å². The predicted molar refractivity (Wildman–Crippen MR) is 75.0 cm³/mol. The predicted octanol–water partition coefficient (Wildman–Crippen LogP) is 2.96. The summed E-state index contributed by atoms with van der Waals surface area (Å²) in [5.41, 5.74) is 0. The number of carbonyl (C=O) groups is 2. The number of hydrogen-bond acceptors (Lipinski definition) is 3. The zero-order valence-electron chi connectivity index (χ0n) is 11.5. The van der Waals surface area contributed by atoms with E-state index in [4.69, 9.17) is 4.74 Å². The topological polar surface area (TPSA) is 63.6 Å². The van der Waals surface area contributed by atoms with E-state index in [9.17, 15) is 14.7 Å². The summed E-state index contributed by atoms with van der Waals surface area (Å²) in [5, 5.41) is 9.63. The fraction of sp³-hybridized carbons (Fsp3) is 0.875. The number of ether oxygens (including phenoxy) is 1. The second kappa shape index (κ2) is 5.38. The van der Waals surface area contributed by atoms with Gasteiger partial charge in [0.1, 0.15) is 6.10 Å². The van der Waals surface area contributed by atoms with Crippen LogP contribution in [0.25, 0.3) is 0 Å². The van der Waals surface area contributed by atoms with Crippen LogP contribution in [0.15, 0.2) is 0 Å². The van der Waals surface area contributed by atoms with E-state index in [1.165, 1.54) is 0 Å². The minimum Gasteiger partial charge on any atom is -0.481 e. The molecule has 20 heavy (non-hydrogen) atoms. The molecule has 0 aromatic rings. The molecule has 1 aliphatic heterocycles. The van der Waals surface area contributed by atoms with Crippen molar-refractivity contribution in [1.82, 2.24) is 0 Å². The van der Waals surface area contributed by atoms with Crippen molar-refractivity contribution in [3.63, 3.8) is 0 Å². The van der Waals surface area contributed by atoms with Crippen molar-refractivity contribution in [3.8, 4) is 0 Å². The number of aliphatic carboxylic acids is 1. The summed E-state index contributed by atoms with van der Waals surface area (Å²) >= 11 is 0. The Hall–Kier alpha value is -1.06. The molecule has 3 aliphatic rings. The molecule has 0 aromatic heterocycles. The molecule has 0 amide bonds. The first-order valence-electron chi connectivity index (χ1n) is 7.42. The summed E-state index contributed by atoms with van der Waals surface area (Å²) in [6.45, 7) is 4.08. The third-order valence-corrected chi connectivity index (χ3v) is 5.63. The Morgan fingerprint density at radius 1 is 1.25 bits per heavy atom. The molecule has 114 valence electrons. The van der Waals surface area contributed by atoms with Crippen LogP contribution in [0, 0.1) is 35.5 Å². The summed E-state index contributed by atoms with van der Waals surface area (Å²) in [4.78, 5) is 23.6. The highest BCUT2D eigenvalue weighted by molar-refractivity contribution is 5.79. The zero-order chi connectivity index (χ0) is 13.7. The molecule has 0 radical (unpaired) electrons. The number of cyclic esters (lactones) is 1. The lowest BCUT2D eigenvalue weighted by Crippen LogP contribution is -2.47. The van der Waals surface area contributed by atoms with Crippen LogP contribution in [-0.2, 0) is 14.3 Å². The maximum absolute atomic E-state index is 11.9. The van der Waals surface area contributed by atoms with Gasteiger partial charge in [0.2, 0.25) is 0 Å². The summed E-state index contributed by atoms with van der Waals surface area (Å²) in [7, 11) is 0. The molecule has 1 heterocycles. The number of carbonyl (C=O) groups excluding carboxylic acids is 1. The van der Waals surface area contributed by atoms with Crippen molar-refractivity contribution in [2.75, 3.05) is 0 Å². The maximum atomic E-state index is 11.9.